The van der Waals surface area contributed by atoms with Crippen molar-refractivity contribution in [1.29, 1.82) is 0 Å². The Hall–Kier alpha value is 1.83. The standard InChI is InChI=1S/C4H10OS2.Bi.ClH/c6-3-1-5-2-4-7;;/h6-7H,1-4H2;;1H/q;+3;/p-3. The first kappa shape index (κ1) is 17.1. The number of rotatable bonds is 4. The van der Waals surface area contributed by atoms with Gasteiger partial charge >= 0.3 is 26.2 Å². The molecule has 0 aromatic heterocycles. The van der Waals surface area contributed by atoms with Gasteiger partial charge in [-0.3, -0.25) is 0 Å². The average Bonchev–Trinajstić information content (AvgIpc) is 1.69. The van der Waals surface area contributed by atoms with E-state index < -0.39 is 0 Å². The Balaban J connectivity index is -0.000000180. The Labute approximate surface area is 92.7 Å². The maximum atomic E-state index is 4.92. The minimum absolute atomic E-state index is 0. The Morgan fingerprint density at radius 2 is 1.33 bits per heavy atom. The first-order valence-electron chi connectivity index (χ1n) is 2.15. The topological polar surface area (TPSA) is 9.23 Å². The first-order chi connectivity index (χ1) is 3.41. The van der Waals surface area contributed by atoms with Gasteiger partial charge in [-0.2, -0.15) is 11.5 Å². The SMILES string of the molecule is [Bi+3].[Cl-].[S-]CCOCC[S-]. The molecule has 2 radical (unpaired) electrons. The molecule has 0 saturated carbocycles. The smallest absolute Gasteiger partial charge is 1.00 e. The molecule has 0 aliphatic heterocycles. The summed E-state index contributed by atoms with van der Waals surface area (Å²) in [5, 5.41) is 0. The second kappa shape index (κ2) is 16.4. The van der Waals surface area contributed by atoms with Gasteiger partial charge in [-0.1, -0.05) is 0 Å². The van der Waals surface area contributed by atoms with Crippen LogP contribution in [0.1, 0.15) is 0 Å². The van der Waals surface area contributed by atoms with Gasteiger partial charge < -0.3 is 42.4 Å². The van der Waals surface area contributed by atoms with E-state index in [1.54, 1.807) is 0 Å². The van der Waals surface area contributed by atoms with Crippen molar-refractivity contribution in [3.05, 3.63) is 0 Å². The van der Waals surface area contributed by atoms with Gasteiger partial charge in [-0.25, -0.2) is 0 Å². The monoisotopic (exact) mass is 380 g/mol. The molecule has 0 rings (SSSR count). The van der Waals surface area contributed by atoms with E-state index in [2.05, 4.69) is 25.3 Å². The van der Waals surface area contributed by atoms with Crippen LogP contribution in [0.25, 0.3) is 0 Å². The summed E-state index contributed by atoms with van der Waals surface area (Å²) in [5.74, 6) is 1.35. The van der Waals surface area contributed by atoms with Gasteiger partial charge in [0, 0.05) is 13.2 Å². The summed E-state index contributed by atoms with van der Waals surface area (Å²) in [6, 6.07) is 0. The van der Waals surface area contributed by atoms with Gasteiger partial charge in [0.05, 0.1) is 0 Å². The molecule has 0 fully saturated rings. The predicted octanol–water partition coefficient (Wildman–Crippen LogP) is -3.28. The molecule has 0 aliphatic carbocycles. The summed E-state index contributed by atoms with van der Waals surface area (Å²) in [7, 11) is 0. The van der Waals surface area contributed by atoms with Crippen molar-refractivity contribution < 1.29 is 17.1 Å². The zero-order chi connectivity index (χ0) is 5.54. The largest absolute Gasteiger partial charge is 3.00 e. The van der Waals surface area contributed by atoms with E-state index in [1.165, 1.54) is 0 Å². The van der Waals surface area contributed by atoms with E-state index in [0.29, 0.717) is 24.7 Å². The zero-order valence-electron chi connectivity index (χ0n) is 4.88. The summed E-state index contributed by atoms with van der Waals surface area (Å²) in [5.41, 5.74) is 0. The first-order valence-corrected chi connectivity index (χ1v) is 3.31. The average molecular weight is 381 g/mol. The van der Waals surface area contributed by atoms with E-state index in [4.69, 9.17) is 4.74 Å². The van der Waals surface area contributed by atoms with Crippen molar-refractivity contribution in [2.24, 2.45) is 0 Å². The molecule has 0 bridgehead atoms. The zero-order valence-corrected chi connectivity index (χ0v) is 10.7. The number of hydrogen-bond acceptors (Lipinski definition) is 3. The second-order valence-electron chi connectivity index (χ2n) is 1.02. The van der Waals surface area contributed by atoms with Crippen LogP contribution in [0, 0.1) is 0 Å². The molecule has 1 nitrogen and oxygen atoms in total. The van der Waals surface area contributed by atoms with Gasteiger partial charge in [0.25, 0.3) is 0 Å². The van der Waals surface area contributed by atoms with Crippen molar-refractivity contribution in [2.75, 3.05) is 24.7 Å². The molecule has 0 aromatic rings. The Morgan fingerprint density at radius 3 is 1.56 bits per heavy atom. The number of hydrogen-bond donors (Lipinski definition) is 0. The fourth-order valence-electron chi connectivity index (χ4n) is 0.220. The predicted molar refractivity (Wildman–Crippen MR) is 41.0 cm³/mol. The third kappa shape index (κ3) is 17.7. The third-order valence-electron chi connectivity index (χ3n) is 0.455. The molecule has 0 atom stereocenters. The van der Waals surface area contributed by atoms with E-state index in [0.717, 1.165) is 0 Å². The molecule has 0 aliphatic rings. The molecular formula is C4H8BiClOS2. The van der Waals surface area contributed by atoms with Crippen LogP contribution in [0.2, 0.25) is 0 Å². The summed E-state index contributed by atoms with van der Waals surface area (Å²) in [6.45, 7) is 1.35. The van der Waals surface area contributed by atoms with Crippen LogP contribution in [-0.4, -0.2) is 50.9 Å². The van der Waals surface area contributed by atoms with Crippen LogP contribution in [0.3, 0.4) is 0 Å². The van der Waals surface area contributed by atoms with E-state index in [-0.39, 0.29) is 38.6 Å². The van der Waals surface area contributed by atoms with Crippen LogP contribution in [0.5, 0.6) is 0 Å². The molecular weight excluding hydrogens is 373 g/mol. The van der Waals surface area contributed by atoms with Gasteiger partial charge in [0.15, 0.2) is 0 Å². The third-order valence-corrected chi connectivity index (χ3v) is 0.789. The van der Waals surface area contributed by atoms with Crippen LogP contribution in [-0.2, 0) is 30.0 Å². The summed E-state index contributed by atoms with van der Waals surface area (Å²) in [4.78, 5) is 0. The van der Waals surface area contributed by atoms with Gasteiger partial charge in [0.2, 0.25) is 0 Å². The van der Waals surface area contributed by atoms with Crippen LogP contribution < -0.4 is 12.4 Å². The molecule has 54 valence electrons. The fourth-order valence-corrected chi connectivity index (χ4v) is 0.456. The Bertz CT molecular complexity index is 37.7. The molecule has 0 unspecified atom stereocenters. The molecule has 5 heteroatoms. The number of halogens is 1. The normalized spacial score (nSPS) is 7.33. The summed E-state index contributed by atoms with van der Waals surface area (Å²) in [6.07, 6.45) is 0. The second-order valence-corrected chi connectivity index (χ2v) is 1.84. The maximum Gasteiger partial charge on any atom is 3.00 e. The summed E-state index contributed by atoms with van der Waals surface area (Å²) < 4.78 is 4.92. The Morgan fingerprint density at radius 1 is 1.00 bits per heavy atom. The maximum absolute atomic E-state index is 4.92. The van der Waals surface area contributed by atoms with Crippen molar-refractivity contribution in [3.8, 4) is 0 Å². The molecule has 0 N–H and O–H groups in total. The van der Waals surface area contributed by atoms with E-state index in [1.807, 2.05) is 0 Å². The van der Waals surface area contributed by atoms with Crippen molar-refractivity contribution >= 4 is 51.5 Å². The molecule has 0 aromatic carbocycles. The van der Waals surface area contributed by atoms with Crippen molar-refractivity contribution in [1.82, 2.24) is 0 Å². The van der Waals surface area contributed by atoms with Crippen LogP contribution >= 0.6 is 0 Å². The molecule has 0 heterocycles. The molecule has 9 heavy (non-hydrogen) atoms. The fraction of sp³-hybridized carbons (Fsp3) is 1.00. The minimum atomic E-state index is 0. The molecule has 0 saturated heterocycles. The van der Waals surface area contributed by atoms with E-state index >= 15 is 0 Å². The van der Waals surface area contributed by atoms with Gasteiger partial charge in [0.1, 0.15) is 0 Å². The Kier molecular flexibility index (Phi) is 31.2. The van der Waals surface area contributed by atoms with Crippen LogP contribution in [0.4, 0.5) is 0 Å². The summed E-state index contributed by atoms with van der Waals surface area (Å²) >= 11 is 9.21. The van der Waals surface area contributed by atoms with Gasteiger partial charge in [-0.15, -0.1) is 0 Å². The van der Waals surface area contributed by atoms with E-state index in [9.17, 15) is 0 Å². The quantitative estimate of drug-likeness (QED) is 0.288. The molecule has 0 amide bonds. The van der Waals surface area contributed by atoms with Crippen LogP contribution in [0.15, 0.2) is 0 Å². The number of ether oxygens (including phenoxy) is 1. The molecule has 0 spiro atoms. The van der Waals surface area contributed by atoms with Gasteiger partial charge in [-0.05, 0) is 0 Å². The van der Waals surface area contributed by atoms with Crippen molar-refractivity contribution in [2.45, 2.75) is 0 Å². The van der Waals surface area contributed by atoms with Crippen molar-refractivity contribution in [3.63, 3.8) is 0 Å². The minimum Gasteiger partial charge on any atom is -1.00 e.